The van der Waals surface area contributed by atoms with Crippen LogP contribution >= 0.6 is 22.9 Å². The van der Waals surface area contributed by atoms with Crippen molar-refractivity contribution in [3.05, 3.63) is 69.7 Å². The van der Waals surface area contributed by atoms with E-state index in [1.165, 1.54) is 18.4 Å². The molecule has 0 saturated carbocycles. The molecule has 0 aliphatic heterocycles. The number of ether oxygens (including phenoxy) is 2. The lowest BCUT2D eigenvalue weighted by molar-refractivity contribution is 0.102. The lowest BCUT2D eigenvalue weighted by atomic mass is 10.1. The number of hydrogen-bond acceptors (Lipinski definition) is 5. The number of anilines is 1. The summed E-state index contributed by atoms with van der Waals surface area (Å²) in [6, 6.07) is 12.7. The molecule has 0 atom stereocenters. The number of halogens is 1. The van der Waals surface area contributed by atoms with Crippen molar-refractivity contribution in [1.29, 1.82) is 0 Å². The molecule has 134 valence electrons. The first-order valence-electron chi connectivity index (χ1n) is 7.81. The third-order valence-corrected chi connectivity index (χ3v) is 4.84. The quantitative estimate of drug-likeness (QED) is 0.667. The summed E-state index contributed by atoms with van der Waals surface area (Å²) in [5.74, 6) is 0.750. The summed E-state index contributed by atoms with van der Waals surface area (Å²) in [5, 5.41) is 4.03. The van der Waals surface area contributed by atoms with Crippen LogP contribution in [0.3, 0.4) is 0 Å². The minimum Gasteiger partial charge on any atom is -0.497 e. The highest BCUT2D eigenvalue weighted by Crippen LogP contribution is 2.27. The number of aromatic nitrogens is 1. The summed E-state index contributed by atoms with van der Waals surface area (Å²) in [5.41, 5.74) is 1.48. The van der Waals surface area contributed by atoms with Crippen LogP contribution in [0, 0.1) is 0 Å². The molecule has 0 aliphatic rings. The molecule has 1 amide bonds. The Balaban J connectivity index is 1.74. The van der Waals surface area contributed by atoms with E-state index in [4.69, 9.17) is 21.1 Å². The largest absolute Gasteiger partial charge is 0.497 e. The Morgan fingerprint density at radius 2 is 2.04 bits per heavy atom. The highest BCUT2D eigenvalue weighted by Gasteiger charge is 2.15. The summed E-state index contributed by atoms with van der Waals surface area (Å²) in [6.45, 7) is 0. The zero-order chi connectivity index (χ0) is 18.5. The molecule has 1 heterocycles. The van der Waals surface area contributed by atoms with Crippen molar-refractivity contribution >= 4 is 34.0 Å². The third kappa shape index (κ3) is 4.33. The van der Waals surface area contributed by atoms with Crippen molar-refractivity contribution < 1.29 is 14.3 Å². The zero-order valence-electron chi connectivity index (χ0n) is 14.3. The number of carbonyl (C=O) groups excluding carboxylic acids is 1. The molecule has 0 saturated heterocycles. The SMILES string of the molecule is COc1ccc(OC)c(C(=O)Nc2ncc(Cc3cccc(Cl)c3)s2)c1. The van der Waals surface area contributed by atoms with Gasteiger partial charge in [0.25, 0.3) is 5.91 Å². The maximum atomic E-state index is 12.6. The average Bonchev–Trinajstić information content (AvgIpc) is 3.07. The average molecular weight is 389 g/mol. The van der Waals surface area contributed by atoms with Gasteiger partial charge in [-0.3, -0.25) is 10.1 Å². The Hall–Kier alpha value is -2.57. The Bertz CT molecular complexity index is 927. The molecule has 0 spiro atoms. The molecule has 26 heavy (non-hydrogen) atoms. The first kappa shape index (κ1) is 18.2. The van der Waals surface area contributed by atoms with E-state index in [1.807, 2.05) is 24.3 Å². The van der Waals surface area contributed by atoms with Crippen LogP contribution in [0.25, 0.3) is 0 Å². The zero-order valence-corrected chi connectivity index (χ0v) is 15.9. The highest BCUT2D eigenvalue weighted by atomic mass is 35.5. The molecule has 0 bridgehead atoms. The highest BCUT2D eigenvalue weighted by molar-refractivity contribution is 7.15. The predicted molar refractivity (Wildman–Crippen MR) is 104 cm³/mol. The number of amides is 1. The smallest absolute Gasteiger partial charge is 0.261 e. The van der Waals surface area contributed by atoms with E-state index >= 15 is 0 Å². The predicted octanol–water partition coefficient (Wildman–Crippen LogP) is 4.66. The number of rotatable bonds is 6. The van der Waals surface area contributed by atoms with Gasteiger partial charge in [0, 0.05) is 22.5 Å². The van der Waals surface area contributed by atoms with Gasteiger partial charge >= 0.3 is 0 Å². The number of nitrogens with one attached hydrogen (secondary N) is 1. The van der Waals surface area contributed by atoms with Gasteiger partial charge in [0.15, 0.2) is 5.13 Å². The molecule has 0 aliphatic carbocycles. The van der Waals surface area contributed by atoms with E-state index in [-0.39, 0.29) is 5.91 Å². The first-order valence-corrected chi connectivity index (χ1v) is 9.01. The van der Waals surface area contributed by atoms with Crippen molar-refractivity contribution in [2.45, 2.75) is 6.42 Å². The number of benzene rings is 2. The Morgan fingerprint density at radius 3 is 2.77 bits per heavy atom. The third-order valence-electron chi connectivity index (χ3n) is 3.69. The molecule has 3 rings (SSSR count). The molecule has 0 fully saturated rings. The fraction of sp³-hybridized carbons (Fsp3) is 0.158. The van der Waals surface area contributed by atoms with Crippen LogP contribution in [-0.2, 0) is 6.42 Å². The molecule has 0 radical (unpaired) electrons. The monoisotopic (exact) mass is 388 g/mol. The van der Waals surface area contributed by atoms with Crippen LogP contribution in [-0.4, -0.2) is 25.1 Å². The molecular formula is C19H17ClN2O3S. The van der Waals surface area contributed by atoms with Crippen LogP contribution in [0.4, 0.5) is 5.13 Å². The molecule has 3 aromatic rings. The van der Waals surface area contributed by atoms with Gasteiger partial charge in [-0.25, -0.2) is 4.98 Å². The minimum absolute atomic E-state index is 0.301. The summed E-state index contributed by atoms with van der Waals surface area (Å²) in [7, 11) is 3.07. The van der Waals surface area contributed by atoms with Gasteiger partial charge in [-0.1, -0.05) is 23.7 Å². The van der Waals surface area contributed by atoms with Gasteiger partial charge in [0.05, 0.1) is 19.8 Å². The van der Waals surface area contributed by atoms with E-state index in [0.717, 1.165) is 10.4 Å². The van der Waals surface area contributed by atoms with Crippen LogP contribution in [0.1, 0.15) is 20.8 Å². The number of thiazole rings is 1. The summed E-state index contributed by atoms with van der Waals surface area (Å²) in [4.78, 5) is 17.9. The summed E-state index contributed by atoms with van der Waals surface area (Å²) >= 11 is 7.44. The molecular weight excluding hydrogens is 372 g/mol. The standard InChI is InChI=1S/C19H17ClN2O3S/c1-24-14-6-7-17(25-2)16(10-14)18(23)22-19-21-11-15(26-19)9-12-4-3-5-13(20)8-12/h3-8,10-11H,9H2,1-2H3,(H,21,22,23). The van der Waals surface area contributed by atoms with E-state index in [1.54, 1.807) is 31.5 Å². The second kappa shape index (κ2) is 8.21. The lowest BCUT2D eigenvalue weighted by Gasteiger charge is -2.09. The van der Waals surface area contributed by atoms with E-state index in [9.17, 15) is 4.79 Å². The van der Waals surface area contributed by atoms with Crippen LogP contribution in [0.15, 0.2) is 48.7 Å². The van der Waals surface area contributed by atoms with Crippen LogP contribution in [0.5, 0.6) is 11.5 Å². The first-order chi connectivity index (χ1) is 12.6. The normalized spacial score (nSPS) is 10.4. The van der Waals surface area contributed by atoms with E-state index in [2.05, 4.69) is 10.3 Å². The van der Waals surface area contributed by atoms with Gasteiger partial charge in [-0.15, -0.1) is 11.3 Å². The Kier molecular flexibility index (Phi) is 5.75. The van der Waals surface area contributed by atoms with Gasteiger partial charge in [0.1, 0.15) is 11.5 Å². The van der Waals surface area contributed by atoms with Crippen molar-refractivity contribution in [1.82, 2.24) is 4.98 Å². The second-order valence-corrected chi connectivity index (χ2v) is 7.01. The van der Waals surface area contributed by atoms with Crippen LogP contribution in [0.2, 0.25) is 5.02 Å². The fourth-order valence-electron chi connectivity index (χ4n) is 2.45. The molecule has 5 nitrogen and oxygen atoms in total. The molecule has 2 aromatic carbocycles. The van der Waals surface area contributed by atoms with Crippen molar-refractivity contribution in [3.8, 4) is 11.5 Å². The van der Waals surface area contributed by atoms with Crippen LogP contribution < -0.4 is 14.8 Å². The Morgan fingerprint density at radius 1 is 1.19 bits per heavy atom. The second-order valence-electron chi connectivity index (χ2n) is 5.46. The van der Waals surface area contributed by atoms with Crippen molar-refractivity contribution in [2.24, 2.45) is 0 Å². The number of methoxy groups -OCH3 is 2. The maximum absolute atomic E-state index is 12.6. The Labute approximate surface area is 160 Å². The number of carbonyl (C=O) groups is 1. The van der Waals surface area contributed by atoms with Gasteiger partial charge in [-0.2, -0.15) is 0 Å². The topological polar surface area (TPSA) is 60.5 Å². The van der Waals surface area contributed by atoms with Crippen molar-refractivity contribution in [3.63, 3.8) is 0 Å². The summed E-state index contributed by atoms with van der Waals surface area (Å²) < 4.78 is 10.4. The molecule has 1 aromatic heterocycles. The number of hydrogen-bond donors (Lipinski definition) is 1. The van der Waals surface area contributed by atoms with Gasteiger partial charge < -0.3 is 9.47 Å². The molecule has 0 unspecified atom stereocenters. The molecule has 7 heteroatoms. The van der Waals surface area contributed by atoms with E-state index < -0.39 is 0 Å². The minimum atomic E-state index is -0.301. The van der Waals surface area contributed by atoms with Crippen molar-refractivity contribution in [2.75, 3.05) is 19.5 Å². The fourth-order valence-corrected chi connectivity index (χ4v) is 3.51. The van der Waals surface area contributed by atoms with Gasteiger partial charge in [0.2, 0.25) is 0 Å². The number of nitrogens with zero attached hydrogens (tertiary/aromatic N) is 1. The molecule has 1 N–H and O–H groups in total. The van der Waals surface area contributed by atoms with Gasteiger partial charge in [-0.05, 0) is 35.9 Å². The maximum Gasteiger partial charge on any atom is 0.261 e. The summed E-state index contributed by atoms with van der Waals surface area (Å²) in [6.07, 6.45) is 2.46. The van der Waals surface area contributed by atoms with E-state index in [0.29, 0.717) is 33.6 Å². The lowest BCUT2D eigenvalue weighted by Crippen LogP contribution is -2.13.